The Labute approximate surface area is 589 Å². The van der Waals surface area contributed by atoms with E-state index in [9.17, 15) is 48.9 Å². The summed E-state index contributed by atoms with van der Waals surface area (Å²) >= 11 is 35.8. The largest absolute Gasteiger partial charge is 0.502 e. The van der Waals surface area contributed by atoms with Crippen LogP contribution >= 0.6 is 69.6 Å². The molecule has 0 aliphatic heterocycles. The van der Waals surface area contributed by atoms with Gasteiger partial charge in [0.25, 0.3) is 40.3 Å². The Kier molecular flexibility index (Phi) is 25.4. The van der Waals surface area contributed by atoms with Crippen LogP contribution in [-0.2, 0) is 40.4 Å². The van der Waals surface area contributed by atoms with Gasteiger partial charge in [-0.15, -0.1) is 0 Å². The molecule has 502 valence electrons. The first-order valence-electron chi connectivity index (χ1n) is 30.4. The number of amides is 4. The molecule has 4 amide bonds. The molecule has 0 atom stereocenters. The Morgan fingerprint density at radius 3 is 1.23 bits per heavy atom. The fraction of sp³-hybridized carbons (Fsp3) is 0.205. The van der Waals surface area contributed by atoms with Gasteiger partial charge in [0, 0.05) is 77.6 Å². The topological polar surface area (TPSA) is 247 Å². The molecule has 18 nitrogen and oxygen atoms in total. The molecule has 0 aliphatic rings. The van der Waals surface area contributed by atoms with Gasteiger partial charge < -0.3 is 49.9 Å². The number of benzene rings is 6. The van der Waals surface area contributed by atoms with Crippen molar-refractivity contribution in [2.24, 2.45) is 21.1 Å². The monoisotopic (exact) mass is 1430 g/mol. The fourth-order valence-corrected chi connectivity index (χ4v) is 11.3. The van der Waals surface area contributed by atoms with Crippen molar-refractivity contribution in [1.29, 1.82) is 0 Å². The number of carbonyl (C=O) groups excluding carboxylic acids is 4. The molecule has 4 aromatic heterocycles. The summed E-state index contributed by atoms with van der Waals surface area (Å²) in [6, 6.07) is 44.5. The highest BCUT2D eigenvalue weighted by Gasteiger charge is 2.23. The molecule has 0 saturated heterocycles. The quantitative estimate of drug-likeness (QED) is 0.0416. The lowest BCUT2D eigenvalue weighted by atomic mass is 10.0. The molecule has 0 bridgehead atoms. The highest BCUT2D eigenvalue weighted by molar-refractivity contribution is 6.43. The molecule has 0 unspecified atom stereocenters. The van der Waals surface area contributed by atoms with E-state index in [0.29, 0.717) is 122 Å². The van der Waals surface area contributed by atoms with Crippen molar-refractivity contribution >= 4 is 104 Å². The number of para-hydroxylation sites is 1. The molecule has 0 spiro atoms. The van der Waals surface area contributed by atoms with Gasteiger partial charge in [-0.1, -0.05) is 142 Å². The number of rotatable bonds is 19. The highest BCUT2D eigenvalue weighted by atomic mass is 35.5. The van der Waals surface area contributed by atoms with Gasteiger partial charge in [0.05, 0.1) is 69.4 Å². The second-order valence-corrected chi connectivity index (χ2v) is 25.3. The minimum atomic E-state index is -0.688. The average molecular weight is 1430 g/mol. The van der Waals surface area contributed by atoms with Gasteiger partial charge in [0.15, 0.2) is 17.2 Å². The maximum atomic E-state index is 12.8. The smallest absolute Gasteiger partial charge is 0.293 e. The molecule has 6 N–H and O–H groups in total. The van der Waals surface area contributed by atoms with Crippen LogP contribution in [0.1, 0.15) is 82.9 Å². The van der Waals surface area contributed by atoms with Crippen LogP contribution in [-0.4, -0.2) is 96.3 Å². The highest BCUT2D eigenvalue weighted by Crippen LogP contribution is 2.30. The lowest BCUT2D eigenvalue weighted by Gasteiger charge is -2.14. The van der Waals surface area contributed by atoms with Crippen molar-refractivity contribution in [3.05, 3.63) is 264 Å². The molecule has 10 rings (SSSR count). The van der Waals surface area contributed by atoms with Gasteiger partial charge in [-0.2, -0.15) is 0 Å². The van der Waals surface area contributed by atoms with Gasteiger partial charge in [-0.3, -0.25) is 38.5 Å². The Morgan fingerprint density at radius 2 is 0.835 bits per heavy atom. The molecule has 24 heteroatoms. The van der Waals surface area contributed by atoms with E-state index >= 15 is 0 Å². The minimum Gasteiger partial charge on any atom is -0.502 e. The zero-order valence-electron chi connectivity index (χ0n) is 53.6. The van der Waals surface area contributed by atoms with Crippen LogP contribution in [0, 0.1) is 6.92 Å². The molecule has 10 aromatic rings. The molecule has 97 heavy (non-hydrogen) atoms. The van der Waals surface area contributed by atoms with E-state index in [-0.39, 0.29) is 22.6 Å². The Morgan fingerprint density at radius 1 is 0.443 bits per heavy atom. The van der Waals surface area contributed by atoms with E-state index < -0.39 is 51.6 Å². The number of aromatic nitrogens is 4. The van der Waals surface area contributed by atoms with Crippen molar-refractivity contribution in [1.82, 2.24) is 39.5 Å². The number of hydrogen-bond acceptors (Lipinski definition) is 11. The van der Waals surface area contributed by atoms with Crippen LogP contribution in [0.3, 0.4) is 0 Å². The number of pyridine rings is 4. The van der Waals surface area contributed by atoms with Gasteiger partial charge in [-0.05, 0) is 158 Å². The fourth-order valence-electron chi connectivity index (χ4n) is 10.3. The SMILES string of the molecule is CN(C)C(=O)c1ccc(-c2cc(C(=O)NCCCc3ccc(Cl)c(Cl)c3)c(O)c(=O)n2C)cc1.Cc1cccc(-c2cc(C(=O)NCCCc3ccc(Cl)c(Cl)c3)c(O)c(=O)n2C)c1.Cn1c(-c2cnc3ccccc3c2)cc(C(=O)NCCCc2ccc(Cl)c(Cl)c2)c(O)c1=O. The van der Waals surface area contributed by atoms with E-state index in [4.69, 9.17) is 69.6 Å². The van der Waals surface area contributed by atoms with Crippen LogP contribution in [0.15, 0.2) is 172 Å². The zero-order chi connectivity index (χ0) is 70.4. The number of aryl methyl sites for hydroxylation is 4. The predicted molar refractivity (Wildman–Crippen MR) is 386 cm³/mol. The van der Waals surface area contributed by atoms with E-state index in [1.165, 1.54) is 37.8 Å². The van der Waals surface area contributed by atoms with Gasteiger partial charge in [-0.25, -0.2) is 0 Å². The number of aromatic hydroxyl groups is 3. The van der Waals surface area contributed by atoms with Gasteiger partial charge in [0.2, 0.25) is 0 Å². The second kappa shape index (κ2) is 33.5. The summed E-state index contributed by atoms with van der Waals surface area (Å²) in [5.74, 6) is -3.47. The number of carbonyl (C=O) groups is 4. The Bertz CT molecular complexity index is 4800. The maximum Gasteiger partial charge on any atom is 0.293 e. The maximum absolute atomic E-state index is 12.8. The number of nitrogens with zero attached hydrogens (tertiary/aromatic N) is 5. The zero-order valence-corrected chi connectivity index (χ0v) is 58.1. The van der Waals surface area contributed by atoms with Gasteiger partial charge >= 0.3 is 0 Å². The average Bonchev–Trinajstić information content (AvgIpc) is 0.804. The van der Waals surface area contributed by atoms with Crippen LogP contribution in [0.25, 0.3) is 44.7 Å². The molecular weight excluding hydrogens is 1360 g/mol. The predicted octanol–water partition coefficient (Wildman–Crippen LogP) is 13.8. The van der Waals surface area contributed by atoms with E-state index in [1.54, 1.807) is 101 Å². The Hall–Kier alpha value is -9.40. The molecule has 0 aliphatic carbocycles. The minimum absolute atomic E-state index is 0.0378. The van der Waals surface area contributed by atoms with Crippen molar-refractivity contribution in [2.75, 3.05) is 33.7 Å². The summed E-state index contributed by atoms with van der Waals surface area (Å²) < 4.78 is 3.91. The molecule has 0 fully saturated rings. The summed E-state index contributed by atoms with van der Waals surface area (Å²) in [5, 5.41) is 43.0. The summed E-state index contributed by atoms with van der Waals surface area (Å²) in [4.78, 5) is 93.8. The van der Waals surface area contributed by atoms with Crippen molar-refractivity contribution in [3.63, 3.8) is 0 Å². The van der Waals surface area contributed by atoms with Crippen molar-refractivity contribution in [2.45, 2.75) is 45.4 Å². The molecule has 6 aromatic carbocycles. The number of hydrogen-bond donors (Lipinski definition) is 6. The summed E-state index contributed by atoms with van der Waals surface area (Å²) in [5.41, 5.74) is 6.74. The first-order chi connectivity index (χ1) is 46.2. The molecule has 4 heterocycles. The van der Waals surface area contributed by atoms with Crippen LogP contribution in [0.2, 0.25) is 30.1 Å². The molecular formula is C73H68Cl6N8O10. The van der Waals surface area contributed by atoms with Crippen LogP contribution in [0.5, 0.6) is 17.2 Å². The Balaban J connectivity index is 0.000000186. The lowest BCUT2D eigenvalue weighted by molar-refractivity contribution is 0.0826. The standard InChI is InChI=1S/C25H25Cl2N3O4.C25H21Cl2N3O3.C23H22Cl2N2O3/c1-29(2)24(33)17-9-7-16(8-10-17)21-14-18(22(31)25(34)30(21)3)23(32)28-12-4-5-15-6-11-19(26)20(27)13-15;1-30-22(17-12-16-6-2-3-7-21(16)29-14-17)13-18(23(31)25(30)33)24(32)28-10-4-5-15-8-9-19(26)20(27)11-15;1-14-5-3-7-16(11-14)20-13-17(21(28)23(30)27(20)2)22(29)26-10-4-6-15-8-9-18(24)19(25)12-15/h6-11,13-14,31H,4-5,12H2,1-3H3,(H,28,32);2-3,6-9,11-14,31H,4-5,10H2,1H3,(H,28,32);3,5,7-9,11-13,28H,4,6,10H2,1-2H3,(H,26,29). The van der Waals surface area contributed by atoms with E-state index in [0.717, 1.165) is 38.7 Å². The van der Waals surface area contributed by atoms with Crippen molar-refractivity contribution < 1.29 is 34.5 Å². The van der Waals surface area contributed by atoms with Crippen LogP contribution in [0.4, 0.5) is 0 Å². The normalized spacial score (nSPS) is 10.8. The summed E-state index contributed by atoms with van der Waals surface area (Å²) in [6.45, 7) is 3.03. The third-order valence-corrected chi connectivity index (χ3v) is 17.9. The number of halogens is 6. The second-order valence-electron chi connectivity index (χ2n) is 22.9. The third-order valence-electron chi connectivity index (χ3n) is 15.7. The third kappa shape index (κ3) is 18.6. The summed E-state index contributed by atoms with van der Waals surface area (Å²) in [7, 11) is 7.95. The van der Waals surface area contributed by atoms with E-state index in [1.807, 2.05) is 79.7 Å². The van der Waals surface area contributed by atoms with Crippen molar-refractivity contribution in [3.8, 4) is 51.0 Å². The van der Waals surface area contributed by atoms with Gasteiger partial charge in [0.1, 0.15) is 0 Å². The number of fused-ring (bicyclic) bond motifs is 1. The number of nitrogens with one attached hydrogen (secondary N) is 3. The first kappa shape index (κ1) is 73.4. The first-order valence-corrected chi connectivity index (χ1v) is 32.7. The lowest BCUT2D eigenvalue weighted by Crippen LogP contribution is -2.28. The van der Waals surface area contributed by atoms with E-state index in [2.05, 4.69) is 20.9 Å². The van der Waals surface area contributed by atoms with Crippen LogP contribution < -0.4 is 32.6 Å². The molecule has 0 saturated carbocycles. The summed E-state index contributed by atoms with van der Waals surface area (Å²) in [6.07, 6.45) is 5.65. The molecule has 0 radical (unpaired) electrons.